The largest absolute Gasteiger partial charge is 0.586 e. The normalized spacial score (nSPS) is 15.3. The number of ether oxygens (including phenoxy) is 2. The van der Waals surface area contributed by atoms with Gasteiger partial charge in [-0.05, 0) is 12.1 Å². The van der Waals surface area contributed by atoms with Crippen LogP contribution in [0.4, 0.5) is 14.5 Å². The van der Waals surface area contributed by atoms with Crippen LogP contribution in [0.15, 0.2) is 18.2 Å². The molecule has 1 aliphatic heterocycles. The Morgan fingerprint density at radius 2 is 2.11 bits per heavy atom. The number of anilines is 1. The SMILES string of the molecule is O=C(CSCCO)Nc1ccc2c(c1)OC(F)(F)O2. The number of thioether (sulfide) groups is 1. The number of hydrogen-bond acceptors (Lipinski definition) is 5. The van der Waals surface area contributed by atoms with Crippen LogP contribution in [0, 0.1) is 0 Å². The van der Waals surface area contributed by atoms with Crippen LogP contribution in [0.5, 0.6) is 11.5 Å². The molecule has 0 aromatic heterocycles. The molecule has 0 fully saturated rings. The molecule has 0 aliphatic carbocycles. The molecule has 1 aliphatic rings. The highest BCUT2D eigenvalue weighted by atomic mass is 32.2. The van der Waals surface area contributed by atoms with E-state index in [1.807, 2.05) is 0 Å². The Morgan fingerprint density at radius 3 is 2.84 bits per heavy atom. The van der Waals surface area contributed by atoms with E-state index in [-0.39, 0.29) is 29.8 Å². The molecule has 0 spiro atoms. The number of amides is 1. The first-order chi connectivity index (χ1) is 9.00. The van der Waals surface area contributed by atoms with Crippen molar-refractivity contribution >= 4 is 23.4 Å². The van der Waals surface area contributed by atoms with Crippen molar-refractivity contribution in [3.63, 3.8) is 0 Å². The van der Waals surface area contributed by atoms with Gasteiger partial charge in [-0.1, -0.05) is 0 Å². The summed E-state index contributed by atoms with van der Waals surface area (Å²) in [5.41, 5.74) is 0.342. The van der Waals surface area contributed by atoms with Crippen LogP contribution in [0.25, 0.3) is 0 Å². The standard InChI is InChI=1S/C11H11F2NO4S/c12-11(13)17-8-2-1-7(5-9(8)18-11)14-10(16)6-19-4-3-15/h1-2,5,15H,3-4,6H2,(H,14,16). The highest BCUT2D eigenvalue weighted by Gasteiger charge is 2.43. The average Bonchev–Trinajstić information content (AvgIpc) is 2.62. The van der Waals surface area contributed by atoms with E-state index in [1.165, 1.54) is 30.0 Å². The summed E-state index contributed by atoms with van der Waals surface area (Å²) in [6, 6.07) is 4.01. The van der Waals surface area contributed by atoms with Crippen molar-refractivity contribution < 1.29 is 28.2 Å². The second kappa shape index (κ2) is 5.62. The van der Waals surface area contributed by atoms with Gasteiger partial charge in [0.05, 0.1) is 12.4 Å². The first-order valence-corrected chi connectivity index (χ1v) is 6.54. The number of hydrogen-bond donors (Lipinski definition) is 2. The Balaban J connectivity index is 1.95. The number of benzene rings is 1. The second-order valence-corrected chi connectivity index (χ2v) is 4.76. The Morgan fingerprint density at radius 1 is 1.37 bits per heavy atom. The molecule has 1 aromatic rings. The fourth-order valence-electron chi connectivity index (χ4n) is 1.45. The van der Waals surface area contributed by atoms with Gasteiger partial charge in [0.2, 0.25) is 5.91 Å². The van der Waals surface area contributed by atoms with Crippen molar-refractivity contribution in [2.45, 2.75) is 6.29 Å². The lowest BCUT2D eigenvalue weighted by atomic mass is 10.3. The molecule has 1 heterocycles. The minimum Gasteiger partial charge on any atom is -0.396 e. The summed E-state index contributed by atoms with van der Waals surface area (Å²) in [5.74, 6) is 0.152. The van der Waals surface area contributed by atoms with E-state index in [1.54, 1.807) is 0 Å². The first-order valence-electron chi connectivity index (χ1n) is 5.38. The topological polar surface area (TPSA) is 67.8 Å². The van der Waals surface area contributed by atoms with Gasteiger partial charge >= 0.3 is 6.29 Å². The van der Waals surface area contributed by atoms with E-state index in [9.17, 15) is 13.6 Å². The number of carbonyl (C=O) groups is 1. The molecule has 2 N–H and O–H groups in total. The molecule has 2 rings (SSSR count). The fraction of sp³-hybridized carbons (Fsp3) is 0.364. The Bertz CT molecular complexity index is 484. The zero-order valence-corrected chi connectivity index (χ0v) is 10.5. The van der Waals surface area contributed by atoms with E-state index in [0.29, 0.717) is 11.4 Å². The van der Waals surface area contributed by atoms with E-state index >= 15 is 0 Å². The maximum Gasteiger partial charge on any atom is 0.586 e. The van der Waals surface area contributed by atoms with E-state index in [0.717, 1.165) is 0 Å². The molecule has 8 heteroatoms. The van der Waals surface area contributed by atoms with E-state index in [2.05, 4.69) is 14.8 Å². The molecule has 0 bridgehead atoms. The molecule has 0 atom stereocenters. The third-order valence-electron chi connectivity index (χ3n) is 2.15. The molecule has 0 radical (unpaired) electrons. The zero-order chi connectivity index (χ0) is 13.9. The van der Waals surface area contributed by atoms with E-state index in [4.69, 9.17) is 5.11 Å². The average molecular weight is 291 g/mol. The monoisotopic (exact) mass is 291 g/mol. The highest BCUT2D eigenvalue weighted by Crippen LogP contribution is 2.42. The summed E-state index contributed by atoms with van der Waals surface area (Å²) in [5, 5.41) is 11.1. The Labute approximate surface area is 111 Å². The van der Waals surface area contributed by atoms with Gasteiger partial charge in [-0.2, -0.15) is 0 Å². The van der Waals surface area contributed by atoms with Crippen LogP contribution < -0.4 is 14.8 Å². The van der Waals surface area contributed by atoms with Gasteiger partial charge < -0.3 is 19.9 Å². The molecule has 0 saturated heterocycles. The number of alkyl halides is 2. The minimum atomic E-state index is -3.66. The van der Waals surface area contributed by atoms with Crippen LogP contribution in [0.3, 0.4) is 0 Å². The summed E-state index contributed by atoms with van der Waals surface area (Å²) in [7, 11) is 0. The third kappa shape index (κ3) is 3.71. The number of aliphatic hydroxyl groups is 1. The number of nitrogens with one attached hydrogen (secondary N) is 1. The lowest BCUT2D eigenvalue weighted by Crippen LogP contribution is -2.25. The molecule has 5 nitrogen and oxygen atoms in total. The smallest absolute Gasteiger partial charge is 0.396 e. The van der Waals surface area contributed by atoms with Crippen LogP contribution >= 0.6 is 11.8 Å². The van der Waals surface area contributed by atoms with Crippen LogP contribution in [0.1, 0.15) is 0 Å². The van der Waals surface area contributed by atoms with Crippen LogP contribution in [0.2, 0.25) is 0 Å². The van der Waals surface area contributed by atoms with Gasteiger partial charge in [0.25, 0.3) is 0 Å². The molecular weight excluding hydrogens is 280 g/mol. The molecular formula is C11H11F2NO4S. The van der Waals surface area contributed by atoms with Gasteiger partial charge in [-0.3, -0.25) is 4.79 Å². The Hall–Kier alpha value is -1.54. The summed E-state index contributed by atoms with van der Waals surface area (Å²) in [4.78, 5) is 11.5. The van der Waals surface area contributed by atoms with Crippen molar-refractivity contribution in [3.05, 3.63) is 18.2 Å². The van der Waals surface area contributed by atoms with Gasteiger partial charge in [-0.25, -0.2) is 0 Å². The molecule has 1 amide bonds. The van der Waals surface area contributed by atoms with Crippen molar-refractivity contribution in [2.24, 2.45) is 0 Å². The highest BCUT2D eigenvalue weighted by molar-refractivity contribution is 7.99. The molecule has 1 aromatic carbocycles. The number of aliphatic hydroxyl groups excluding tert-OH is 1. The quantitative estimate of drug-likeness (QED) is 0.808. The van der Waals surface area contributed by atoms with Gasteiger partial charge in [-0.15, -0.1) is 20.5 Å². The van der Waals surface area contributed by atoms with Crippen molar-refractivity contribution in [2.75, 3.05) is 23.4 Å². The summed E-state index contributed by atoms with van der Waals surface area (Å²) >= 11 is 1.27. The van der Waals surface area contributed by atoms with Gasteiger partial charge in [0.15, 0.2) is 11.5 Å². The second-order valence-electron chi connectivity index (χ2n) is 3.65. The summed E-state index contributed by atoms with van der Waals surface area (Å²) in [6.45, 7) is -0.00292. The first kappa shape index (κ1) is 13.9. The van der Waals surface area contributed by atoms with E-state index < -0.39 is 6.29 Å². The van der Waals surface area contributed by atoms with Crippen molar-refractivity contribution in [1.82, 2.24) is 0 Å². The third-order valence-corrected chi connectivity index (χ3v) is 3.09. The number of rotatable bonds is 5. The van der Waals surface area contributed by atoms with Crippen LogP contribution in [-0.2, 0) is 4.79 Å². The predicted octanol–water partition coefficient (Wildman–Crippen LogP) is 1.67. The maximum atomic E-state index is 12.8. The lowest BCUT2D eigenvalue weighted by Gasteiger charge is -2.05. The maximum absolute atomic E-state index is 12.8. The number of carbonyl (C=O) groups excluding carboxylic acids is 1. The molecule has 0 saturated carbocycles. The van der Waals surface area contributed by atoms with Gasteiger partial charge in [0.1, 0.15) is 0 Å². The van der Waals surface area contributed by atoms with Crippen molar-refractivity contribution in [1.29, 1.82) is 0 Å². The zero-order valence-electron chi connectivity index (χ0n) is 9.69. The lowest BCUT2D eigenvalue weighted by molar-refractivity contribution is -0.286. The summed E-state index contributed by atoms with van der Waals surface area (Å²) < 4.78 is 34.1. The molecule has 104 valence electrons. The molecule has 19 heavy (non-hydrogen) atoms. The summed E-state index contributed by atoms with van der Waals surface area (Å²) in [6.07, 6.45) is -3.66. The fourth-order valence-corrected chi connectivity index (χ4v) is 1.98. The number of fused-ring (bicyclic) bond motifs is 1. The predicted molar refractivity (Wildman–Crippen MR) is 65.7 cm³/mol. The van der Waals surface area contributed by atoms with Crippen molar-refractivity contribution in [3.8, 4) is 11.5 Å². The Kier molecular flexibility index (Phi) is 4.11. The van der Waals surface area contributed by atoms with Gasteiger partial charge in [0, 0.05) is 17.5 Å². The minimum absolute atomic E-state index is 0.00292. The number of halogens is 2. The molecule has 0 unspecified atom stereocenters. The van der Waals surface area contributed by atoms with Crippen LogP contribution in [-0.4, -0.2) is 35.4 Å².